The number of ether oxygens (including phenoxy) is 3. The first kappa shape index (κ1) is 27.0. The van der Waals surface area contributed by atoms with Crippen LogP contribution in [0.4, 0.5) is 32.3 Å². The lowest BCUT2D eigenvalue weighted by atomic mass is 10.1. The molecule has 1 fully saturated rings. The summed E-state index contributed by atoms with van der Waals surface area (Å²) in [4.78, 5) is 28.4. The number of benzene rings is 1. The van der Waals surface area contributed by atoms with Gasteiger partial charge in [-0.25, -0.2) is 14.2 Å². The Morgan fingerprint density at radius 3 is 2.88 bits per heavy atom. The fraction of sp³-hybridized carbons (Fsp3) is 0.444. The highest BCUT2D eigenvalue weighted by Gasteiger charge is 2.35. The summed E-state index contributed by atoms with van der Waals surface area (Å²) in [5.41, 5.74) is 2.30. The normalized spacial score (nSPS) is 17.8. The van der Waals surface area contributed by atoms with Crippen molar-refractivity contribution in [1.82, 2.24) is 14.9 Å². The number of anilines is 4. The second-order valence-electron chi connectivity index (χ2n) is 9.72. The van der Waals surface area contributed by atoms with Crippen molar-refractivity contribution in [3.8, 4) is 11.5 Å². The van der Waals surface area contributed by atoms with Gasteiger partial charge in [-0.2, -0.15) is 4.98 Å². The van der Waals surface area contributed by atoms with Crippen LogP contribution in [0.5, 0.6) is 11.5 Å². The predicted molar refractivity (Wildman–Crippen MR) is 152 cm³/mol. The van der Waals surface area contributed by atoms with Gasteiger partial charge in [-0.05, 0) is 25.0 Å². The molecule has 1 N–H and O–H groups in total. The molecular weight excluding hydrogens is 559 g/mol. The first-order valence-electron chi connectivity index (χ1n) is 13.3. The molecule has 3 aliphatic rings. The topological polar surface area (TPSA) is 92.3 Å². The number of nitrogens with zero attached hydrogens (tertiary/aromatic N) is 5. The standard InChI is InChI=1S/C27H30ClFN6O4S/c28-24-23(18(14-29)17-40-24)35-16-19-15-30-26-31-20-3-4-21(39-12-8-33-6-10-37-11-7-33)22(13-20)38-9-2-1-5-34(27(35)36)25(19)32-26/h3-4,13,15,17H,1-2,5-12,14,16H2,(H,30,31,32). The van der Waals surface area contributed by atoms with E-state index in [1.54, 1.807) is 16.5 Å². The minimum Gasteiger partial charge on any atom is -0.490 e. The molecule has 3 aromatic rings. The minimum absolute atomic E-state index is 0.206. The molecule has 212 valence electrons. The van der Waals surface area contributed by atoms with Crippen LogP contribution in [0.2, 0.25) is 4.34 Å². The second kappa shape index (κ2) is 12.1. The van der Waals surface area contributed by atoms with Gasteiger partial charge in [0, 0.05) is 60.6 Å². The van der Waals surface area contributed by atoms with Crippen molar-refractivity contribution in [2.75, 3.05) is 67.7 Å². The van der Waals surface area contributed by atoms with Crippen molar-refractivity contribution in [2.45, 2.75) is 26.1 Å². The summed E-state index contributed by atoms with van der Waals surface area (Å²) in [5.74, 6) is 2.20. The van der Waals surface area contributed by atoms with Crippen LogP contribution in [0.25, 0.3) is 0 Å². The average Bonchev–Trinajstić information content (AvgIpc) is 3.35. The van der Waals surface area contributed by atoms with Crippen LogP contribution in [-0.4, -0.2) is 73.5 Å². The number of fused-ring (bicyclic) bond motifs is 3. The van der Waals surface area contributed by atoms with Gasteiger partial charge in [-0.1, -0.05) is 11.6 Å². The lowest BCUT2D eigenvalue weighted by molar-refractivity contribution is 0.0320. The Hall–Kier alpha value is -3.19. The zero-order valence-electron chi connectivity index (χ0n) is 21.9. The van der Waals surface area contributed by atoms with E-state index in [1.807, 2.05) is 18.2 Å². The van der Waals surface area contributed by atoms with Gasteiger partial charge in [-0.3, -0.25) is 14.7 Å². The molecule has 2 amide bonds. The van der Waals surface area contributed by atoms with Gasteiger partial charge < -0.3 is 19.5 Å². The molecule has 0 aliphatic carbocycles. The van der Waals surface area contributed by atoms with Gasteiger partial charge in [0.1, 0.15) is 23.4 Å². The Kier molecular flexibility index (Phi) is 8.19. The molecular formula is C27H30ClFN6O4S. The monoisotopic (exact) mass is 588 g/mol. The van der Waals surface area contributed by atoms with Crippen LogP contribution in [0, 0.1) is 0 Å². The van der Waals surface area contributed by atoms with Crippen molar-refractivity contribution in [3.05, 3.63) is 45.2 Å². The number of amides is 2. The Labute approximate surface area is 240 Å². The largest absolute Gasteiger partial charge is 0.490 e. The first-order chi connectivity index (χ1) is 19.6. The summed E-state index contributed by atoms with van der Waals surface area (Å²) >= 11 is 7.61. The molecule has 5 heterocycles. The van der Waals surface area contributed by atoms with Gasteiger partial charge in [0.2, 0.25) is 5.95 Å². The molecule has 0 spiro atoms. The van der Waals surface area contributed by atoms with Gasteiger partial charge in [0.15, 0.2) is 11.5 Å². The van der Waals surface area contributed by atoms with Crippen molar-refractivity contribution in [3.63, 3.8) is 0 Å². The highest BCUT2D eigenvalue weighted by molar-refractivity contribution is 7.15. The van der Waals surface area contributed by atoms with Crippen molar-refractivity contribution < 1.29 is 23.4 Å². The van der Waals surface area contributed by atoms with Crippen molar-refractivity contribution in [1.29, 1.82) is 0 Å². The lowest BCUT2D eigenvalue weighted by Crippen LogP contribution is -2.48. The van der Waals surface area contributed by atoms with Crippen molar-refractivity contribution >= 4 is 52.1 Å². The van der Waals surface area contributed by atoms with E-state index in [0.717, 1.165) is 44.1 Å². The van der Waals surface area contributed by atoms with E-state index in [-0.39, 0.29) is 12.6 Å². The zero-order chi connectivity index (χ0) is 27.5. The number of thiophene rings is 1. The molecule has 2 aromatic heterocycles. The van der Waals surface area contributed by atoms with Crippen LogP contribution < -0.4 is 24.6 Å². The Bertz CT molecular complexity index is 1370. The third-order valence-electron chi connectivity index (χ3n) is 7.10. The number of hydrogen-bond acceptors (Lipinski definition) is 9. The Balaban J connectivity index is 1.23. The summed E-state index contributed by atoms with van der Waals surface area (Å²) in [7, 11) is 0. The molecule has 40 heavy (non-hydrogen) atoms. The van der Waals surface area contributed by atoms with E-state index in [2.05, 4.69) is 15.2 Å². The summed E-state index contributed by atoms with van der Waals surface area (Å²) in [5, 5.41) is 4.88. The minimum atomic E-state index is -0.705. The van der Waals surface area contributed by atoms with Gasteiger partial charge in [0.25, 0.3) is 0 Å². The van der Waals surface area contributed by atoms with Crippen molar-refractivity contribution in [2.24, 2.45) is 0 Å². The number of nitrogens with one attached hydrogen (secondary N) is 1. The van der Waals surface area contributed by atoms with Crippen LogP contribution in [0.15, 0.2) is 29.8 Å². The number of aromatic nitrogens is 2. The molecule has 3 aliphatic heterocycles. The number of carbonyl (C=O) groups is 1. The number of urea groups is 1. The predicted octanol–water partition coefficient (Wildman–Crippen LogP) is 5.23. The van der Waals surface area contributed by atoms with E-state index in [9.17, 15) is 9.18 Å². The maximum atomic E-state index is 13.7. The lowest BCUT2D eigenvalue weighted by Gasteiger charge is -2.36. The highest BCUT2D eigenvalue weighted by Crippen LogP contribution is 2.41. The smallest absolute Gasteiger partial charge is 0.330 e. The van der Waals surface area contributed by atoms with Gasteiger partial charge in [0.05, 0.1) is 32.1 Å². The Morgan fingerprint density at radius 1 is 1.15 bits per heavy atom. The third kappa shape index (κ3) is 5.67. The number of halogens is 2. The molecule has 0 atom stereocenters. The van der Waals surface area contributed by atoms with Crippen LogP contribution in [0.1, 0.15) is 24.0 Å². The highest BCUT2D eigenvalue weighted by atomic mass is 35.5. The zero-order valence-corrected chi connectivity index (χ0v) is 23.5. The fourth-order valence-electron chi connectivity index (χ4n) is 5.00. The van der Waals surface area contributed by atoms with Crippen LogP contribution >= 0.6 is 22.9 Å². The maximum Gasteiger partial charge on any atom is 0.330 e. The molecule has 4 bridgehead atoms. The molecule has 13 heteroatoms. The number of morpholine rings is 1. The molecule has 1 aromatic carbocycles. The second-order valence-corrected chi connectivity index (χ2v) is 11.2. The number of hydrogen-bond donors (Lipinski definition) is 1. The van der Waals surface area contributed by atoms with Crippen LogP contribution in [-0.2, 0) is 18.0 Å². The molecule has 10 nitrogen and oxygen atoms in total. The third-order valence-corrected chi connectivity index (χ3v) is 8.35. The summed E-state index contributed by atoms with van der Waals surface area (Å²) in [6, 6.07) is 5.36. The molecule has 1 saturated heterocycles. The maximum absolute atomic E-state index is 13.7. The SMILES string of the molecule is O=C1N2CCCCOc3cc(ccc3OCCN3CCOCC3)Nc3ncc(c2n3)CN1c1c(CF)csc1Cl. The fourth-order valence-corrected chi connectivity index (χ4v) is 6.13. The number of rotatable bonds is 6. The van der Waals surface area contributed by atoms with E-state index in [4.69, 9.17) is 30.8 Å². The average molecular weight is 589 g/mol. The summed E-state index contributed by atoms with van der Waals surface area (Å²) in [6.45, 7) is 5.04. The Morgan fingerprint density at radius 2 is 2.02 bits per heavy atom. The number of carbonyl (C=O) groups excluding carboxylic acids is 1. The quantitative estimate of drug-likeness (QED) is 0.418. The van der Waals surface area contributed by atoms with E-state index < -0.39 is 6.67 Å². The molecule has 6 rings (SSSR count). The van der Waals surface area contributed by atoms with E-state index in [0.29, 0.717) is 71.5 Å². The first-order valence-corrected chi connectivity index (χ1v) is 14.6. The van der Waals surface area contributed by atoms with E-state index >= 15 is 0 Å². The summed E-state index contributed by atoms with van der Waals surface area (Å²) < 4.78 is 31.8. The van der Waals surface area contributed by atoms with Gasteiger partial charge in [-0.15, -0.1) is 11.3 Å². The van der Waals surface area contributed by atoms with Gasteiger partial charge >= 0.3 is 6.03 Å². The van der Waals surface area contributed by atoms with Crippen LogP contribution in [0.3, 0.4) is 0 Å². The summed E-state index contributed by atoms with van der Waals surface area (Å²) in [6.07, 6.45) is 3.08. The molecule has 0 radical (unpaired) electrons. The molecule has 0 saturated carbocycles. The molecule has 0 unspecified atom stereocenters. The number of alkyl halides is 1. The van der Waals surface area contributed by atoms with E-state index in [1.165, 1.54) is 16.2 Å².